The summed E-state index contributed by atoms with van der Waals surface area (Å²) in [5, 5.41) is 7.01. The predicted molar refractivity (Wildman–Crippen MR) is 119 cm³/mol. The van der Waals surface area contributed by atoms with Crippen LogP contribution in [0.4, 0.5) is 0 Å². The van der Waals surface area contributed by atoms with Crippen molar-refractivity contribution in [3.8, 4) is 0 Å². The largest absolute Gasteiger partial charge is 0.340 e. The van der Waals surface area contributed by atoms with Crippen LogP contribution in [0.5, 0.6) is 0 Å². The van der Waals surface area contributed by atoms with Crippen molar-refractivity contribution in [2.75, 3.05) is 13.1 Å². The molecule has 1 saturated heterocycles. The Hall–Kier alpha value is -2.26. The first-order chi connectivity index (χ1) is 15.1. The summed E-state index contributed by atoms with van der Waals surface area (Å²) in [6, 6.07) is 5.72. The fourth-order valence-corrected chi connectivity index (χ4v) is 6.03. The fourth-order valence-electron chi connectivity index (χ4n) is 4.35. The smallest absolute Gasteiger partial charge is 0.251 e. The number of hydrogen-bond acceptors (Lipinski definition) is 6. The van der Waals surface area contributed by atoms with Crippen LogP contribution in [0.25, 0.3) is 0 Å². The molecule has 1 aromatic heterocycles. The third-order valence-electron chi connectivity index (χ3n) is 6.21. The molecule has 0 bridgehead atoms. The average Bonchev–Trinajstić information content (AvgIpc) is 3.48. The molecule has 2 fully saturated rings. The number of carbonyl (C=O) groups is 1. The monoisotopic (exact) mass is 460 g/mol. The Labute approximate surface area is 189 Å². The Morgan fingerprint density at radius 1 is 1.12 bits per heavy atom. The summed E-state index contributed by atoms with van der Waals surface area (Å²) < 4.78 is 33.1. The minimum absolute atomic E-state index is 0.0502. The molecule has 0 spiro atoms. The quantitative estimate of drug-likeness (QED) is 0.675. The summed E-state index contributed by atoms with van der Waals surface area (Å²) in [5.74, 6) is 1.89. The highest BCUT2D eigenvalue weighted by Crippen LogP contribution is 2.38. The van der Waals surface area contributed by atoms with Gasteiger partial charge in [0, 0.05) is 24.6 Å². The molecule has 2 heterocycles. The van der Waals surface area contributed by atoms with E-state index < -0.39 is 16.1 Å². The van der Waals surface area contributed by atoms with Gasteiger partial charge in [0.2, 0.25) is 15.9 Å². The van der Waals surface area contributed by atoms with Gasteiger partial charge in [0.1, 0.15) is 6.04 Å². The highest BCUT2D eigenvalue weighted by Gasteiger charge is 2.33. The molecular formula is C23H32N4O4S. The summed E-state index contributed by atoms with van der Waals surface area (Å²) in [6.07, 6.45) is 3.18. The lowest BCUT2D eigenvalue weighted by molar-refractivity contribution is 0.0914. The van der Waals surface area contributed by atoms with Crippen molar-refractivity contribution in [1.29, 1.82) is 0 Å². The summed E-state index contributed by atoms with van der Waals surface area (Å²) in [6.45, 7) is 9.15. The lowest BCUT2D eigenvalue weighted by atomic mass is 9.94. The van der Waals surface area contributed by atoms with Crippen molar-refractivity contribution in [3.05, 3.63) is 41.5 Å². The van der Waals surface area contributed by atoms with Crippen LogP contribution in [0.2, 0.25) is 0 Å². The lowest BCUT2D eigenvalue weighted by Crippen LogP contribution is -2.42. The van der Waals surface area contributed by atoms with Crippen LogP contribution in [0, 0.1) is 17.8 Å². The number of hydrogen-bond donors (Lipinski definition) is 1. The van der Waals surface area contributed by atoms with Crippen molar-refractivity contribution in [3.63, 3.8) is 0 Å². The number of amides is 1. The van der Waals surface area contributed by atoms with Gasteiger partial charge in [-0.05, 0) is 61.3 Å². The molecule has 1 aromatic carbocycles. The van der Waals surface area contributed by atoms with E-state index >= 15 is 0 Å². The minimum Gasteiger partial charge on any atom is -0.340 e. The maximum atomic E-state index is 13.1. The van der Waals surface area contributed by atoms with Gasteiger partial charge >= 0.3 is 0 Å². The van der Waals surface area contributed by atoms with E-state index in [1.807, 2.05) is 13.8 Å². The van der Waals surface area contributed by atoms with Gasteiger partial charge in [-0.3, -0.25) is 4.79 Å². The van der Waals surface area contributed by atoms with E-state index in [1.165, 1.54) is 12.1 Å². The van der Waals surface area contributed by atoms with Gasteiger partial charge in [-0.15, -0.1) is 0 Å². The molecule has 174 valence electrons. The first-order valence-electron chi connectivity index (χ1n) is 11.4. The summed E-state index contributed by atoms with van der Waals surface area (Å²) in [5.41, 5.74) is 0.386. The molecule has 1 N–H and O–H groups in total. The zero-order valence-corrected chi connectivity index (χ0v) is 19.9. The van der Waals surface area contributed by atoms with E-state index in [1.54, 1.807) is 16.4 Å². The number of nitrogens with one attached hydrogen (secondary N) is 1. The zero-order chi connectivity index (χ0) is 23.0. The fraction of sp³-hybridized carbons (Fsp3) is 0.609. The third kappa shape index (κ3) is 4.88. The SMILES string of the molecule is CC1CC(C)CN(S(=O)(=O)c2ccc(C(=O)NC(c3nc(C4CC4)no3)C(C)C)cc2)C1. The van der Waals surface area contributed by atoms with Crippen LogP contribution in [0.15, 0.2) is 33.7 Å². The van der Waals surface area contributed by atoms with E-state index in [0.717, 1.165) is 19.3 Å². The van der Waals surface area contributed by atoms with E-state index in [0.29, 0.717) is 48.1 Å². The van der Waals surface area contributed by atoms with Gasteiger partial charge in [-0.1, -0.05) is 32.9 Å². The number of nitrogens with zero attached hydrogens (tertiary/aromatic N) is 3. The Bertz CT molecular complexity index is 1050. The molecule has 3 atom stereocenters. The molecule has 1 aliphatic carbocycles. The summed E-state index contributed by atoms with van der Waals surface area (Å²) in [4.78, 5) is 17.6. The van der Waals surface area contributed by atoms with Gasteiger partial charge in [-0.2, -0.15) is 9.29 Å². The second-order valence-corrected chi connectivity index (χ2v) is 11.7. The molecule has 1 aliphatic heterocycles. The number of sulfonamides is 1. The van der Waals surface area contributed by atoms with E-state index in [-0.39, 0.29) is 16.7 Å². The molecule has 1 saturated carbocycles. The molecule has 1 amide bonds. The van der Waals surface area contributed by atoms with Gasteiger partial charge in [0.05, 0.1) is 4.90 Å². The van der Waals surface area contributed by atoms with Gasteiger partial charge in [-0.25, -0.2) is 8.42 Å². The topological polar surface area (TPSA) is 105 Å². The molecule has 32 heavy (non-hydrogen) atoms. The van der Waals surface area contributed by atoms with Crippen molar-refractivity contribution in [1.82, 2.24) is 19.8 Å². The molecule has 4 rings (SSSR count). The Kier molecular flexibility index (Phi) is 6.40. The minimum atomic E-state index is -3.58. The van der Waals surface area contributed by atoms with Crippen LogP contribution < -0.4 is 5.32 Å². The Morgan fingerprint density at radius 2 is 1.75 bits per heavy atom. The normalized spacial score (nSPS) is 23.3. The number of piperidine rings is 1. The maximum absolute atomic E-state index is 13.1. The summed E-state index contributed by atoms with van der Waals surface area (Å²) in [7, 11) is -3.58. The molecule has 9 heteroatoms. The number of aromatic nitrogens is 2. The molecule has 3 unspecified atom stereocenters. The predicted octanol–water partition coefficient (Wildman–Crippen LogP) is 3.74. The van der Waals surface area contributed by atoms with Crippen molar-refractivity contribution < 1.29 is 17.7 Å². The molecular weight excluding hydrogens is 428 g/mol. The van der Waals surface area contributed by atoms with E-state index in [4.69, 9.17) is 4.52 Å². The highest BCUT2D eigenvalue weighted by atomic mass is 32.2. The number of carbonyl (C=O) groups excluding carboxylic acids is 1. The number of rotatable bonds is 7. The van der Waals surface area contributed by atoms with Crippen molar-refractivity contribution in [2.45, 2.75) is 63.8 Å². The Balaban J connectivity index is 1.47. The summed E-state index contributed by atoms with van der Waals surface area (Å²) >= 11 is 0. The van der Waals surface area contributed by atoms with Crippen LogP contribution >= 0.6 is 0 Å². The van der Waals surface area contributed by atoms with Crippen LogP contribution in [-0.2, 0) is 10.0 Å². The van der Waals surface area contributed by atoms with Gasteiger partial charge < -0.3 is 9.84 Å². The molecule has 2 aromatic rings. The zero-order valence-electron chi connectivity index (χ0n) is 19.1. The molecule has 8 nitrogen and oxygen atoms in total. The van der Waals surface area contributed by atoms with Gasteiger partial charge in [0.15, 0.2) is 5.82 Å². The highest BCUT2D eigenvalue weighted by molar-refractivity contribution is 7.89. The third-order valence-corrected chi connectivity index (χ3v) is 8.05. The Morgan fingerprint density at radius 3 is 2.31 bits per heavy atom. The standard InChI is InChI=1S/C23H32N4O4S/c1-14(2)20(23-25-21(26-31-23)17-5-6-17)24-22(28)18-7-9-19(10-8-18)32(29,30)27-12-15(3)11-16(4)13-27/h7-10,14-17,20H,5-6,11-13H2,1-4H3,(H,24,28). The van der Waals surface area contributed by atoms with Crippen molar-refractivity contribution in [2.24, 2.45) is 17.8 Å². The maximum Gasteiger partial charge on any atom is 0.251 e. The first-order valence-corrected chi connectivity index (χ1v) is 12.8. The average molecular weight is 461 g/mol. The molecule has 0 radical (unpaired) electrons. The lowest BCUT2D eigenvalue weighted by Gasteiger charge is -2.34. The second-order valence-electron chi connectivity index (χ2n) is 9.75. The second kappa shape index (κ2) is 8.94. The van der Waals surface area contributed by atoms with Crippen LogP contribution in [0.1, 0.15) is 81.0 Å². The first kappa shape index (κ1) is 22.9. The van der Waals surface area contributed by atoms with Gasteiger partial charge in [0.25, 0.3) is 5.91 Å². The van der Waals surface area contributed by atoms with Crippen LogP contribution in [0.3, 0.4) is 0 Å². The van der Waals surface area contributed by atoms with Crippen LogP contribution in [-0.4, -0.2) is 41.9 Å². The van der Waals surface area contributed by atoms with E-state index in [2.05, 4.69) is 29.3 Å². The van der Waals surface area contributed by atoms with E-state index in [9.17, 15) is 13.2 Å². The molecule has 2 aliphatic rings. The number of benzene rings is 1. The van der Waals surface area contributed by atoms with Crippen molar-refractivity contribution >= 4 is 15.9 Å².